The average Bonchev–Trinajstić information content (AvgIpc) is 2.94. The van der Waals surface area contributed by atoms with Gasteiger partial charge in [0.25, 0.3) is 0 Å². The maximum absolute atomic E-state index is 12.6. The maximum Gasteiger partial charge on any atom is 0.416 e. The molecule has 3 rings (SSSR count). The van der Waals surface area contributed by atoms with Crippen LogP contribution in [0.4, 0.5) is 18.0 Å². The lowest BCUT2D eigenvalue weighted by Crippen LogP contribution is -2.48. The fourth-order valence-electron chi connectivity index (χ4n) is 3.65. The van der Waals surface area contributed by atoms with Gasteiger partial charge in [-0.1, -0.05) is 12.1 Å². The van der Waals surface area contributed by atoms with Crippen LogP contribution in [0.3, 0.4) is 0 Å². The number of likely N-dealkylation sites (N-methyl/N-ethyl adjacent to an activating group) is 1. The Morgan fingerprint density at radius 1 is 1.03 bits per heavy atom. The maximum atomic E-state index is 12.6. The number of carbonyl (C=O) groups excluding carboxylic acids is 3. The van der Waals surface area contributed by atoms with Gasteiger partial charge in [-0.05, 0) is 24.1 Å². The number of alkyl halides is 3. The van der Waals surface area contributed by atoms with E-state index in [-0.39, 0.29) is 37.4 Å². The molecule has 0 bridgehead atoms. The summed E-state index contributed by atoms with van der Waals surface area (Å²) in [6, 6.07) is 4.81. The smallest absolute Gasteiger partial charge is 0.340 e. The van der Waals surface area contributed by atoms with Crippen LogP contribution in [0.15, 0.2) is 24.3 Å². The van der Waals surface area contributed by atoms with E-state index in [4.69, 9.17) is 0 Å². The number of piperazine rings is 1. The molecule has 1 aromatic rings. The summed E-state index contributed by atoms with van der Waals surface area (Å²) in [5, 5.41) is 0. The molecule has 10 heteroatoms. The fourth-order valence-corrected chi connectivity index (χ4v) is 3.65. The first-order chi connectivity index (χ1) is 14.1. The molecule has 0 atom stereocenters. The topological polar surface area (TPSA) is 64.2 Å². The number of halogens is 3. The molecule has 0 unspecified atom stereocenters. The molecule has 4 amide bonds. The van der Waals surface area contributed by atoms with E-state index in [2.05, 4.69) is 4.90 Å². The van der Waals surface area contributed by atoms with Crippen molar-refractivity contribution in [1.29, 1.82) is 0 Å². The van der Waals surface area contributed by atoms with Gasteiger partial charge in [0.15, 0.2) is 0 Å². The van der Waals surface area contributed by atoms with Crippen LogP contribution < -0.4 is 0 Å². The summed E-state index contributed by atoms with van der Waals surface area (Å²) >= 11 is 0. The number of imide groups is 1. The van der Waals surface area contributed by atoms with Gasteiger partial charge in [0.1, 0.15) is 6.54 Å². The van der Waals surface area contributed by atoms with Gasteiger partial charge in [-0.25, -0.2) is 4.79 Å². The lowest BCUT2D eigenvalue weighted by atomic mass is 10.1. The first-order valence-corrected chi connectivity index (χ1v) is 9.87. The minimum atomic E-state index is -4.34. The van der Waals surface area contributed by atoms with Crippen LogP contribution in [0.25, 0.3) is 0 Å². The second-order valence-electron chi connectivity index (χ2n) is 7.64. The predicted molar refractivity (Wildman–Crippen MR) is 102 cm³/mol. The van der Waals surface area contributed by atoms with E-state index in [1.165, 1.54) is 21.9 Å². The number of benzene rings is 1. The molecule has 164 valence electrons. The number of rotatable bonds is 6. The summed E-state index contributed by atoms with van der Waals surface area (Å²) in [5.41, 5.74) is 0.137. The van der Waals surface area contributed by atoms with Crippen LogP contribution in [0.5, 0.6) is 0 Å². The molecule has 0 radical (unpaired) electrons. The first kappa shape index (κ1) is 22.1. The zero-order chi connectivity index (χ0) is 21.9. The van der Waals surface area contributed by atoms with Crippen molar-refractivity contribution in [3.63, 3.8) is 0 Å². The summed E-state index contributed by atoms with van der Waals surface area (Å²) in [4.78, 5) is 42.3. The lowest BCUT2D eigenvalue weighted by molar-refractivity contribution is -0.137. The highest BCUT2D eigenvalue weighted by Crippen LogP contribution is 2.29. The molecule has 2 fully saturated rings. The zero-order valence-electron chi connectivity index (χ0n) is 16.8. The van der Waals surface area contributed by atoms with Crippen LogP contribution in [0, 0.1) is 0 Å². The summed E-state index contributed by atoms with van der Waals surface area (Å²) < 4.78 is 37.9. The molecule has 2 saturated heterocycles. The molecule has 0 aromatic heterocycles. The summed E-state index contributed by atoms with van der Waals surface area (Å²) in [6.45, 7) is 3.22. The van der Waals surface area contributed by atoms with Gasteiger partial charge < -0.3 is 9.80 Å². The zero-order valence-corrected chi connectivity index (χ0v) is 16.8. The second-order valence-corrected chi connectivity index (χ2v) is 7.64. The van der Waals surface area contributed by atoms with Crippen LogP contribution >= 0.6 is 0 Å². The molecular formula is C20H25F3N4O3. The van der Waals surface area contributed by atoms with E-state index >= 15 is 0 Å². The molecule has 2 aliphatic heterocycles. The van der Waals surface area contributed by atoms with Crippen molar-refractivity contribution in [2.75, 3.05) is 46.3 Å². The minimum Gasteiger partial charge on any atom is -0.340 e. The van der Waals surface area contributed by atoms with E-state index in [9.17, 15) is 27.6 Å². The Morgan fingerprint density at radius 2 is 1.67 bits per heavy atom. The van der Waals surface area contributed by atoms with Gasteiger partial charge >= 0.3 is 12.2 Å². The summed E-state index contributed by atoms with van der Waals surface area (Å²) in [5.74, 6) is -0.261. The van der Waals surface area contributed by atoms with E-state index in [0.29, 0.717) is 39.1 Å². The molecule has 0 aliphatic carbocycles. The number of hydrogen-bond acceptors (Lipinski definition) is 4. The number of carbonyl (C=O) groups is 3. The van der Waals surface area contributed by atoms with Gasteiger partial charge in [0.2, 0.25) is 11.8 Å². The van der Waals surface area contributed by atoms with Crippen molar-refractivity contribution < 1.29 is 27.6 Å². The van der Waals surface area contributed by atoms with Crippen LogP contribution in [0.1, 0.15) is 24.0 Å². The van der Waals surface area contributed by atoms with Crippen molar-refractivity contribution in [2.24, 2.45) is 0 Å². The first-order valence-electron chi connectivity index (χ1n) is 9.87. The summed E-state index contributed by atoms with van der Waals surface area (Å²) in [7, 11) is 1.57. The molecule has 30 heavy (non-hydrogen) atoms. The quantitative estimate of drug-likeness (QED) is 0.653. The van der Waals surface area contributed by atoms with E-state index in [0.717, 1.165) is 17.7 Å². The lowest BCUT2D eigenvalue weighted by Gasteiger charge is -2.35. The van der Waals surface area contributed by atoms with Gasteiger partial charge in [0, 0.05) is 52.7 Å². The Hall–Kier alpha value is -2.62. The normalized spacial score (nSPS) is 18.5. The largest absolute Gasteiger partial charge is 0.416 e. The van der Waals surface area contributed by atoms with Gasteiger partial charge in [0.05, 0.1) is 5.56 Å². The third kappa shape index (κ3) is 5.29. The number of hydrogen-bond donors (Lipinski definition) is 0. The molecular weight excluding hydrogens is 401 g/mol. The molecule has 1 aromatic carbocycles. The van der Waals surface area contributed by atoms with Crippen molar-refractivity contribution in [2.45, 2.75) is 25.6 Å². The molecule has 2 heterocycles. The highest BCUT2D eigenvalue weighted by Gasteiger charge is 2.33. The van der Waals surface area contributed by atoms with E-state index < -0.39 is 11.7 Å². The molecule has 7 nitrogen and oxygen atoms in total. The van der Waals surface area contributed by atoms with E-state index in [1.54, 1.807) is 11.9 Å². The van der Waals surface area contributed by atoms with Crippen molar-refractivity contribution in [3.05, 3.63) is 35.4 Å². The molecule has 0 spiro atoms. The van der Waals surface area contributed by atoms with Crippen LogP contribution in [0.2, 0.25) is 0 Å². The van der Waals surface area contributed by atoms with Gasteiger partial charge in [-0.2, -0.15) is 13.2 Å². The van der Waals surface area contributed by atoms with Crippen molar-refractivity contribution in [3.8, 4) is 0 Å². The number of nitrogens with zero attached hydrogens (tertiary/aromatic N) is 4. The molecule has 0 saturated carbocycles. The second kappa shape index (κ2) is 9.03. The third-order valence-electron chi connectivity index (χ3n) is 5.42. The van der Waals surface area contributed by atoms with Gasteiger partial charge in [-0.3, -0.25) is 19.4 Å². The van der Waals surface area contributed by atoms with Crippen molar-refractivity contribution >= 4 is 17.8 Å². The highest BCUT2D eigenvalue weighted by molar-refractivity contribution is 6.01. The third-order valence-corrected chi connectivity index (χ3v) is 5.42. The monoisotopic (exact) mass is 426 g/mol. The molecule has 2 aliphatic rings. The SMILES string of the molecule is CN1CC(=O)N(CCCC(=O)N2CCN(Cc3ccc(C(F)(F)F)cc3)CC2)C1=O. The Balaban J connectivity index is 1.39. The number of urea groups is 1. The summed E-state index contributed by atoms with van der Waals surface area (Å²) in [6.07, 6.45) is -3.65. The fraction of sp³-hybridized carbons (Fsp3) is 0.550. The van der Waals surface area contributed by atoms with E-state index in [1.807, 2.05) is 0 Å². The minimum absolute atomic E-state index is 0.0170. The number of amides is 4. The van der Waals surface area contributed by atoms with Gasteiger partial charge in [-0.15, -0.1) is 0 Å². The Morgan fingerprint density at radius 3 is 2.20 bits per heavy atom. The Bertz CT molecular complexity index is 789. The Labute approximate surface area is 173 Å². The van der Waals surface area contributed by atoms with Crippen LogP contribution in [-0.2, 0) is 22.3 Å². The average molecular weight is 426 g/mol. The Kier molecular flexibility index (Phi) is 6.64. The standard InChI is InChI=1S/C20H25F3N4O3/c1-24-14-18(29)27(19(24)30)8-2-3-17(28)26-11-9-25(10-12-26)13-15-4-6-16(7-5-15)20(21,22)23/h4-7H,2-3,8-14H2,1H3. The van der Waals surface area contributed by atoms with Crippen molar-refractivity contribution in [1.82, 2.24) is 19.6 Å². The molecule has 0 N–H and O–H groups in total. The predicted octanol–water partition coefficient (Wildman–Crippen LogP) is 2.02. The van der Waals surface area contributed by atoms with Crippen LogP contribution in [-0.4, -0.2) is 83.8 Å². The highest BCUT2D eigenvalue weighted by atomic mass is 19.4.